The first-order valence-electron chi connectivity index (χ1n) is 16.2. The van der Waals surface area contributed by atoms with Crippen molar-refractivity contribution in [1.82, 2.24) is 20.2 Å². The third-order valence-corrected chi connectivity index (χ3v) is 10.4. The third kappa shape index (κ3) is 5.01. The second-order valence-electron chi connectivity index (χ2n) is 14.1. The highest BCUT2D eigenvalue weighted by Gasteiger charge is 2.43. The van der Waals surface area contributed by atoms with Crippen LogP contribution >= 0.6 is 0 Å². The van der Waals surface area contributed by atoms with E-state index in [-0.39, 0.29) is 23.9 Å². The Hall–Kier alpha value is -3.40. The van der Waals surface area contributed by atoms with E-state index in [9.17, 15) is 9.59 Å². The van der Waals surface area contributed by atoms with Crippen LogP contribution in [0.25, 0.3) is 0 Å². The van der Waals surface area contributed by atoms with Crippen LogP contribution in [-0.2, 0) is 11.2 Å². The Bertz CT molecular complexity index is 1420. The molecule has 0 radical (unpaired) electrons. The summed E-state index contributed by atoms with van der Waals surface area (Å²) in [5, 5.41) is 6.77. The number of amides is 2. The van der Waals surface area contributed by atoms with E-state index in [0.717, 1.165) is 67.9 Å². The molecule has 4 atom stereocenters. The van der Waals surface area contributed by atoms with Gasteiger partial charge >= 0.3 is 0 Å². The summed E-state index contributed by atoms with van der Waals surface area (Å²) in [5.74, 6) is 3.40. The maximum absolute atomic E-state index is 13.6. The lowest BCUT2D eigenvalue weighted by atomic mass is 9.96. The molecule has 230 valence electrons. The molecule has 10 nitrogen and oxygen atoms in total. The molecule has 2 saturated carbocycles. The minimum Gasteiger partial charge on any atom is -0.485 e. The molecule has 2 amide bonds. The summed E-state index contributed by atoms with van der Waals surface area (Å²) in [5.41, 5.74) is 2.66. The minimum absolute atomic E-state index is 0.0158. The lowest BCUT2D eigenvalue weighted by molar-refractivity contribution is -0.120. The number of rotatable bonds is 6. The molecule has 5 aliphatic rings. The van der Waals surface area contributed by atoms with E-state index in [2.05, 4.69) is 53.2 Å². The van der Waals surface area contributed by atoms with Gasteiger partial charge in [-0.25, -0.2) is 4.98 Å². The van der Waals surface area contributed by atoms with Gasteiger partial charge in [0, 0.05) is 49.8 Å². The largest absolute Gasteiger partial charge is 0.485 e. The van der Waals surface area contributed by atoms with Crippen molar-refractivity contribution < 1.29 is 14.3 Å². The number of carbonyl (C=O) groups excluding carboxylic acids is 2. The molecular weight excluding hydrogens is 542 g/mol. The average molecular weight is 588 g/mol. The van der Waals surface area contributed by atoms with Crippen molar-refractivity contribution >= 4 is 35.0 Å². The first kappa shape index (κ1) is 28.4. The standard InChI is InChI=1S/C33H45N7O3/c1-6-26-31(42)39(5)27-16-34-32(37-29(27)40(26)22-9-7-8-10-22)36-25-12-11-23(24-15-33(2,3)43-28(24)25)30(41)35-21-13-19-17-38(4)18-20(19)14-21/h11-12,16,19-22,26H,6-10,13-15,17-18H2,1-5H3,(H,35,41)(H,34,36,37)/t19-,20+,21-,26-/m1/s1. The number of hydrogen-bond donors (Lipinski definition) is 2. The molecule has 3 fully saturated rings. The van der Waals surface area contributed by atoms with Gasteiger partial charge in [0.25, 0.3) is 5.91 Å². The second kappa shape index (κ2) is 10.6. The molecule has 1 saturated heterocycles. The fraction of sp³-hybridized carbons (Fsp3) is 0.636. The number of benzene rings is 1. The van der Waals surface area contributed by atoms with Crippen LogP contribution in [0.5, 0.6) is 5.75 Å². The van der Waals surface area contributed by atoms with Crippen LogP contribution in [0.3, 0.4) is 0 Å². The number of anilines is 4. The quantitative estimate of drug-likeness (QED) is 0.509. The summed E-state index contributed by atoms with van der Waals surface area (Å²) in [6.45, 7) is 8.44. The topological polar surface area (TPSA) is 103 Å². The van der Waals surface area contributed by atoms with Crippen LogP contribution in [0.1, 0.15) is 81.6 Å². The van der Waals surface area contributed by atoms with E-state index >= 15 is 0 Å². The van der Waals surface area contributed by atoms with Crippen molar-refractivity contribution in [3.8, 4) is 5.75 Å². The average Bonchev–Trinajstić information content (AvgIpc) is 3.74. The van der Waals surface area contributed by atoms with Crippen molar-refractivity contribution in [2.24, 2.45) is 11.8 Å². The van der Waals surface area contributed by atoms with Crippen LogP contribution in [0.4, 0.5) is 23.1 Å². The number of hydrogen-bond acceptors (Lipinski definition) is 8. The Balaban J connectivity index is 1.16. The fourth-order valence-corrected chi connectivity index (χ4v) is 8.45. The number of nitrogens with zero attached hydrogens (tertiary/aromatic N) is 5. The first-order valence-corrected chi connectivity index (χ1v) is 16.2. The van der Waals surface area contributed by atoms with E-state index in [4.69, 9.17) is 9.72 Å². The van der Waals surface area contributed by atoms with Gasteiger partial charge in [-0.15, -0.1) is 0 Å². The summed E-state index contributed by atoms with van der Waals surface area (Å²) >= 11 is 0. The minimum atomic E-state index is -0.433. The summed E-state index contributed by atoms with van der Waals surface area (Å²) in [4.78, 5) is 42.9. The van der Waals surface area contributed by atoms with Gasteiger partial charge in [0.2, 0.25) is 11.9 Å². The van der Waals surface area contributed by atoms with Crippen molar-refractivity contribution in [2.75, 3.05) is 42.3 Å². The maximum atomic E-state index is 13.6. The fourth-order valence-electron chi connectivity index (χ4n) is 8.45. The highest BCUT2D eigenvalue weighted by molar-refractivity contribution is 6.04. The van der Waals surface area contributed by atoms with E-state index in [0.29, 0.717) is 41.6 Å². The number of carbonyl (C=O) groups is 2. The van der Waals surface area contributed by atoms with Crippen molar-refractivity contribution in [3.05, 3.63) is 29.5 Å². The summed E-state index contributed by atoms with van der Waals surface area (Å²) in [6.07, 6.45) is 9.71. The lowest BCUT2D eigenvalue weighted by Gasteiger charge is -2.43. The Morgan fingerprint density at radius 1 is 1.12 bits per heavy atom. The smallest absolute Gasteiger partial charge is 0.251 e. The zero-order valence-corrected chi connectivity index (χ0v) is 26.2. The molecule has 1 aromatic heterocycles. The highest BCUT2D eigenvalue weighted by atomic mass is 16.5. The van der Waals surface area contributed by atoms with Crippen LogP contribution in [0.15, 0.2) is 18.3 Å². The molecule has 2 aromatic rings. The molecule has 43 heavy (non-hydrogen) atoms. The number of fused-ring (bicyclic) bond motifs is 3. The molecule has 0 bridgehead atoms. The Morgan fingerprint density at radius 2 is 1.84 bits per heavy atom. The second-order valence-corrected chi connectivity index (χ2v) is 14.1. The van der Waals surface area contributed by atoms with Crippen molar-refractivity contribution in [3.63, 3.8) is 0 Å². The number of likely N-dealkylation sites (N-methyl/N-ethyl adjacent to an activating group) is 1. The molecule has 3 aliphatic heterocycles. The van der Waals surface area contributed by atoms with Gasteiger partial charge in [-0.05, 0) is 77.0 Å². The third-order valence-electron chi connectivity index (χ3n) is 10.4. The maximum Gasteiger partial charge on any atom is 0.251 e. The number of aromatic nitrogens is 2. The lowest BCUT2D eigenvalue weighted by Crippen LogP contribution is -2.55. The summed E-state index contributed by atoms with van der Waals surface area (Å²) in [6, 6.07) is 4.12. The van der Waals surface area contributed by atoms with Gasteiger partial charge in [-0.3, -0.25) is 9.59 Å². The van der Waals surface area contributed by atoms with Gasteiger partial charge in [0.05, 0.1) is 11.9 Å². The normalized spacial score (nSPS) is 28.1. The van der Waals surface area contributed by atoms with Crippen LogP contribution in [0.2, 0.25) is 0 Å². The van der Waals surface area contributed by atoms with Crippen molar-refractivity contribution in [1.29, 1.82) is 0 Å². The number of ether oxygens (including phenoxy) is 1. The molecule has 2 N–H and O–H groups in total. The van der Waals surface area contributed by atoms with E-state index in [1.54, 1.807) is 11.1 Å². The van der Waals surface area contributed by atoms with Crippen LogP contribution in [-0.4, -0.2) is 77.6 Å². The predicted octanol–water partition coefficient (Wildman–Crippen LogP) is 4.51. The van der Waals surface area contributed by atoms with Crippen molar-refractivity contribution in [2.45, 2.75) is 95.9 Å². The molecule has 0 unspecified atom stereocenters. The highest BCUT2D eigenvalue weighted by Crippen LogP contribution is 2.45. The molecule has 0 spiro atoms. The van der Waals surface area contributed by atoms with E-state index in [1.165, 1.54) is 12.8 Å². The van der Waals surface area contributed by atoms with E-state index < -0.39 is 5.60 Å². The van der Waals surface area contributed by atoms with Gasteiger partial charge in [-0.2, -0.15) is 4.98 Å². The Labute approximate surface area is 254 Å². The molecule has 4 heterocycles. The Morgan fingerprint density at radius 3 is 2.53 bits per heavy atom. The van der Waals surface area contributed by atoms with E-state index in [1.807, 2.05) is 19.2 Å². The predicted molar refractivity (Wildman–Crippen MR) is 167 cm³/mol. The van der Waals surface area contributed by atoms with Gasteiger partial charge in [0.15, 0.2) is 5.82 Å². The molecule has 10 heteroatoms. The zero-order valence-electron chi connectivity index (χ0n) is 26.2. The Kier molecular flexibility index (Phi) is 7.02. The van der Waals surface area contributed by atoms with Crippen LogP contribution in [0, 0.1) is 11.8 Å². The SMILES string of the molecule is CC[C@@H]1C(=O)N(C)c2cnc(Nc3ccc(C(=O)N[C@@H]4C[C@@H]5CN(C)C[C@@H]5C4)c4c3OC(C)(C)C4)nc2N1C1CCCC1. The first-order chi connectivity index (χ1) is 20.6. The van der Waals surface area contributed by atoms with Crippen LogP contribution < -0.4 is 25.2 Å². The summed E-state index contributed by atoms with van der Waals surface area (Å²) < 4.78 is 6.44. The zero-order chi connectivity index (χ0) is 30.0. The monoisotopic (exact) mass is 587 g/mol. The van der Waals surface area contributed by atoms with Gasteiger partial charge in [0.1, 0.15) is 23.1 Å². The number of likely N-dealkylation sites (tertiary alicyclic amines) is 1. The molecule has 1 aromatic carbocycles. The molecule has 2 aliphatic carbocycles. The molecular formula is C33H45N7O3. The molecule has 7 rings (SSSR count). The van der Waals surface area contributed by atoms with Gasteiger partial charge in [-0.1, -0.05) is 19.8 Å². The van der Waals surface area contributed by atoms with Gasteiger partial charge < -0.3 is 30.1 Å². The number of nitrogens with one attached hydrogen (secondary N) is 2. The summed E-state index contributed by atoms with van der Waals surface area (Å²) in [7, 11) is 4.00.